The summed E-state index contributed by atoms with van der Waals surface area (Å²) in [5, 5.41) is 1.60. The van der Waals surface area contributed by atoms with Crippen molar-refractivity contribution >= 4 is 31.8 Å². The SMILES string of the molecule is Cc1cc(C)c(B(/C(=C/c2ccccc2)[Si](C)(C)C)c2c(C)cc(C)cc2C)c(C)c1. The lowest BCUT2D eigenvalue weighted by molar-refractivity contribution is 1.34. The van der Waals surface area contributed by atoms with E-state index in [0.29, 0.717) is 0 Å². The lowest BCUT2D eigenvalue weighted by atomic mass is 9.37. The fourth-order valence-corrected chi connectivity index (χ4v) is 6.96. The van der Waals surface area contributed by atoms with Crippen LogP contribution in [0, 0.1) is 41.5 Å². The van der Waals surface area contributed by atoms with Crippen LogP contribution in [0.3, 0.4) is 0 Å². The summed E-state index contributed by atoms with van der Waals surface area (Å²) in [6, 6.07) is 20.3. The average molecular weight is 425 g/mol. The molecular formula is C29H37BSi. The molecule has 0 saturated carbocycles. The molecule has 0 N–H and O–H groups in total. The van der Waals surface area contributed by atoms with Crippen LogP contribution in [0.15, 0.2) is 59.7 Å². The molecule has 0 aliphatic rings. The summed E-state index contributed by atoms with van der Waals surface area (Å²) in [6.07, 6.45) is 2.49. The Bertz CT molecular complexity index is 1010. The third kappa shape index (κ3) is 5.13. The summed E-state index contributed by atoms with van der Waals surface area (Å²) in [5.41, 5.74) is 12.6. The normalized spacial score (nSPS) is 12.2. The van der Waals surface area contributed by atoms with Crippen molar-refractivity contribution in [1.82, 2.24) is 0 Å². The highest BCUT2D eigenvalue weighted by Gasteiger charge is 2.36. The van der Waals surface area contributed by atoms with E-state index in [1.54, 1.807) is 5.10 Å². The molecule has 0 fully saturated rings. The lowest BCUT2D eigenvalue weighted by Crippen LogP contribution is -2.54. The van der Waals surface area contributed by atoms with E-state index in [2.05, 4.69) is 122 Å². The Morgan fingerprint density at radius 3 is 1.39 bits per heavy atom. The molecule has 0 heterocycles. The summed E-state index contributed by atoms with van der Waals surface area (Å²) in [6.45, 7) is 21.4. The molecule has 31 heavy (non-hydrogen) atoms. The van der Waals surface area contributed by atoms with Crippen LogP contribution in [-0.4, -0.2) is 14.8 Å². The Morgan fingerprint density at radius 1 is 0.645 bits per heavy atom. The zero-order chi connectivity index (χ0) is 22.9. The topological polar surface area (TPSA) is 0 Å². The van der Waals surface area contributed by atoms with Gasteiger partial charge in [-0.3, -0.25) is 0 Å². The molecule has 3 rings (SSSR count). The Labute approximate surface area is 191 Å². The van der Waals surface area contributed by atoms with Crippen LogP contribution in [0.1, 0.15) is 38.9 Å². The maximum Gasteiger partial charge on any atom is 0.234 e. The van der Waals surface area contributed by atoms with Crippen LogP contribution in [-0.2, 0) is 0 Å². The van der Waals surface area contributed by atoms with Crippen molar-refractivity contribution in [1.29, 1.82) is 0 Å². The summed E-state index contributed by atoms with van der Waals surface area (Å²) >= 11 is 0. The van der Waals surface area contributed by atoms with E-state index in [4.69, 9.17) is 0 Å². The predicted molar refractivity (Wildman–Crippen MR) is 144 cm³/mol. The maximum absolute atomic E-state index is 2.49. The number of hydrogen-bond donors (Lipinski definition) is 0. The van der Waals surface area contributed by atoms with Gasteiger partial charge in [0.25, 0.3) is 0 Å². The molecule has 0 aromatic heterocycles. The minimum Gasteiger partial charge on any atom is -0.100 e. The molecule has 0 bridgehead atoms. The van der Waals surface area contributed by atoms with Gasteiger partial charge in [-0.25, -0.2) is 0 Å². The zero-order valence-electron chi connectivity index (χ0n) is 20.9. The molecule has 0 atom stereocenters. The largest absolute Gasteiger partial charge is 0.234 e. The fourth-order valence-electron chi connectivity index (χ4n) is 5.21. The number of benzene rings is 3. The van der Waals surface area contributed by atoms with Crippen LogP contribution in [0.5, 0.6) is 0 Å². The summed E-state index contributed by atoms with van der Waals surface area (Å²) in [5.74, 6) is 0. The van der Waals surface area contributed by atoms with Crippen molar-refractivity contribution in [2.45, 2.75) is 61.2 Å². The van der Waals surface area contributed by atoms with E-state index in [9.17, 15) is 0 Å². The number of hydrogen-bond acceptors (Lipinski definition) is 0. The Morgan fingerprint density at radius 2 is 1.03 bits per heavy atom. The maximum atomic E-state index is 2.49. The van der Waals surface area contributed by atoms with Crippen molar-refractivity contribution in [3.63, 3.8) is 0 Å². The Hall–Kier alpha value is -2.32. The van der Waals surface area contributed by atoms with Crippen molar-refractivity contribution in [3.05, 3.63) is 98.6 Å². The van der Waals surface area contributed by atoms with Gasteiger partial charge in [0.2, 0.25) is 6.71 Å². The van der Waals surface area contributed by atoms with Gasteiger partial charge in [-0.15, -0.1) is 5.10 Å². The first kappa shape index (κ1) is 23.3. The van der Waals surface area contributed by atoms with Crippen LogP contribution >= 0.6 is 0 Å². The molecule has 0 aliphatic carbocycles. The van der Waals surface area contributed by atoms with Gasteiger partial charge < -0.3 is 0 Å². The van der Waals surface area contributed by atoms with Crippen molar-refractivity contribution in [2.75, 3.05) is 0 Å². The van der Waals surface area contributed by atoms with E-state index >= 15 is 0 Å². The van der Waals surface area contributed by atoms with Crippen LogP contribution in [0.4, 0.5) is 0 Å². The highest BCUT2D eigenvalue weighted by atomic mass is 28.3. The van der Waals surface area contributed by atoms with E-state index in [-0.39, 0.29) is 6.71 Å². The fraction of sp³-hybridized carbons (Fsp3) is 0.310. The second kappa shape index (κ2) is 9.04. The van der Waals surface area contributed by atoms with Crippen molar-refractivity contribution in [3.8, 4) is 0 Å². The third-order valence-corrected chi connectivity index (χ3v) is 8.52. The summed E-state index contributed by atoms with van der Waals surface area (Å²) in [4.78, 5) is 0. The summed E-state index contributed by atoms with van der Waals surface area (Å²) in [7, 11) is -1.66. The first-order valence-corrected chi connectivity index (χ1v) is 14.9. The average Bonchev–Trinajstić information content (AvgIpc) is 2.63. The smallest absolute Gasteiger partial charge is 0.100 e. The minimum absolute atomic E-state index is 0.285. The molecule has 0 aliphatic heterocycles. The van der Waals surface area contributed by atoms with Gasteiger partial charge in [-0.1, -0.05) is 125 Å². The first-order chi connectivity index (χ1) is 14.5. The Balaban J connectivity index is 2.42. The van der Waals surface area contributed by atoms with Gasteiger partial charge in [-0.2, -0.15) is 0 Å². The lowest BCUT2D eigenvalue weighted by Gasteiger charge is -2.32. The molecule has 2 heteroatoms. The van der Waals surface area contributed by atoms with Gasteiger partial charge in [0.1, 0.15) is 0 Å². The number of rotatable bonds is 5. The zero-order valence-corrected chi connectivity index (χ0v) is 21.9. The summed E-state index contributed by atoms with van der Waals surface area (Å²) < 4.78 is 0. The van der Waals surface area contributed by atoms with Gasteiger partial charge in [0.15, 0.2) is 0 Å². The molecular weight excluding hydrogens is 387 g/mol. The van der Waals surface area contributed by atoms with Crippen LogP contribution in [0.2, 0.25) is 19.6 Å². The molecule has 0 amide bonds. The van der Waals surface area contributed by atoms with Crippen molar-refractivity contribution in [2.24, 2.45) is 0 Å². The Kier molecular flexibility index (Phi) is 6.81. The van der Waals surface area contributed by atoms with E-state index in [0.717, 1.165) is 0 Å². The molecule has 0 unspecified atom stereocenters. The van der Waals surface area contributed by atoms with Crippen LogP contribution in [0.25, 0.3) is 6.08 Å². The quantitative estimate of drug-likeness (QED) is 0.403. The molecule has 3 aromatic carbocycles. The van der Waals surface area contributed by atoms with Gasteiger partial charge >= 0.3 is 0 Å². The standard InChI is InChI=1S/C29H37BSi/c1-20-15-22(3)28(23(4)16-20)30(29-24(5)17-21(2)18-25(29)6)27(31(7,8)9)19-26-13-11-10-12-14-26/h10-19H,1-9H3/b27-19-. The molecule has 0 radical (unpaired) electrons. The van der Waals surface area contributed by atoms with Crippen molar-refractivity contribution < 1.29 is 0 Å². The first-order valence-electron chi connectivity index (χ1n) is 11.4. The second-order valence-corrected chi connectivity index (χ2v) is 15.4. The predicted octanol–water partition coefficient (Wildman–Crippen LogP) is 6.65. The monoisotopic (exact) mass is 424 g/mol. The molecule has 0 saturated heterocycles. The molecule has 3 aromatic rings. The highest BCUT2D eigenvalue weighted by Crippen LogP contribution is 2.25. The van der Waals surface area contributed by atoms with E-state index in [1.165, 1.54) is 49.9 Å². The molecule has 0 nitrogen and oxygen atoms in total. The number of aryl methyl sites for hydroxylation is 6. The molecule has 160 valence electrons. The minimum atomic E-state index is -1.66. The van der Waals surface area contributed by atoms with Gasteiger partial charge in [-0.05, 0) is 47.1 Å². The van der Waals surface area contributed by atoms with Gasteiger partial charge in [0.05, 0.1) is 8.07 Å². The highest BCUT2D eigenvalue weighted by molar-refractivity contribution is 7.08. The second-order valence-electron chi connectivity index (χ2n) is 10.3. The molecule has 0 spiro atoms. The van der Waals surface area contributed by atoms with E-state index in [1.807, 2.05) is 0 Å². The van der Waals surface area contributed by atoms with E-state index < -0.39 is 8.07 Å². The van der Waals surface area contributed by atoms with Gasteiger partial charge in [0, 0.05) is 0 Å². The third-order valence-electron chi connectivity index (χ3n) is 6.35. The van der Waals surface area contributed by atoms with Crippen LogP contribution < -0.4 is 10.9 Å².